The SMILES string of the molecule is COc1ccccc1NC(=O)N1CC(C(=O)N(C)C)C2(CCOCC2)C1. The Morgan fingerprint density at radius 2 is 1.96 bits per heavy atom. The van der Waals surface area contributed by atoms with Gasteiger partial charge in [-0.15, -0.1) is 0 Å². The molecule has 1 atom stereocenters. The molecule has 1 unspecified atom stereocenters. The molecule has 0 bridgehead atoms. The van der Waals surface area contributed by atoms with Gasteiger partial charge in [-0.25, -0.2) is 4.79 Å². The van der Waals surface area contributed by atoms with Crippen molar-refractivity contribution in [3.8, 4) is 5.75 Å². The second kappa shape index (κ2) is 7.53. The third-order valence-corrected chi connectivity index (χ3v) is 5.51. The fourth-order valence-corrected chi connectivity index (χ4v) is 4.00. The molecule has 1 N–H and O–H groups in total. The number of urea groups is 1. The predicted octanol–water partition coefficient (Wildman–Crippen LogP) is 2.04. The maximum absolute atomic E-state index is 12.8. The molecule has 2 fully saturated rings. The smallest absolute Gasteiger partial charge is 0.321 e. The standard InChI is InChI=1S/C19H27N3O4/c1-21(2)17(23)14-12-22(13-19(14)8-10-26-11-9-19)18(24)20-15-6-4-5-7-16(15)25-3/h4-7,14H,8-13H2,1-3H3,(H,20,24). The van der Waals surface area contributed by atoms with Crippen LogP contribution in [0.2, 0.25) is 0 Å². The summed E-state index contributed by atoms with van der Waals surface area (Å²) in [7, 11) is 5.11. The molecule has 142 valence electrons. The van der Waals surface area contributed by atoms with Crippen molar-refractivity contribution in [2.24, 2.45) is 11.3 Å². The number of carbonyl (C=O) groups is 2. The third-order valence-electron chi connectivity index (χ3n) is 5.51. The molecule has 1 aromatic rings. The van der Waals surface area contributed by atoms with Gasteiger partial charge < -0.3 is 24.6 Å². The Hall–Kier alpha value is -2.28. The lowest BCUT2D eigenvalue weighted by Crippen LogP contribution is -2.44. The number of ether oxygens (including phenoxy) is 2. The molecule has 0 saturated carbocycles. The topological polar surface area (TPSA) is 71.1 Å². The summed E-state index contributed by atoms with van der Waals surface area (Å²) in [6.07, 6.45) is 1.60. The van der Waals surface area contributed by atoms with Gasteiger partial charge in [-0.05, 0) is 25.0 Å². The van der Waals surface area contributed by atoms with Gasteiger partial charge in [0.15, 0.2) is 0 Å². The number of amides is 3. The third kappa shape index (κ3) is 3.49. The molecule has 1 aromatic carbocycles. The number of para-hydroxylation sites is 2. The lowest BCUT2D eigenvalue weighted by molar-refractivity contribution is -0.138. The van der Waals surface area contributed by atoms with Crippen LogP contribution in [0.4, 0.5) is 10.5 Å². The molecule has 26 heavy (non-hydrogen) atoms. The average molecular weight is 361 g/mol. The van der Waals surface area contributed by atoms with E-state index in [9.17, 15) is 9.59 Å². The number of methoxy groups -OCH3 is 1. The molecular weight excluding hydrogens is 334 g/mol. The zero-order valence-electron chi connectivity index (χ0n) is 15.7. The largest absolute Gasteiger partial charge is 0.495 e. The van der Waals surface area contributed by atoms with E-state index in [2.05, 4.69) is 5.32 Å². The highest BCUT2D eigenvalue weighted by Crippen LogP contribution is 2.45. The number of rotatable bonds is 3. The summed E-state index contributed by atoms with van der Waals surface area (Å²) < 4.78 is 10.8. The van der Waals surface area contributed by atoms with Gasteiger partial charge in [0.2, 0.25) is 5.91 Å². The van der Waals surface area contributed by atoms with Crippen LogP contribution < -0.4 is 10.1 Å². The summed E-state index contributed by atoms with van der Waals surface area (Å²) in [5, 5.41) is 2.92. The Kier molecular flexibility index (Phi) is 5.36. The number of hydrogen-bond donors (Lipinski definition) is 1. The van der Waals surface area contributed by atoms with Gasteiger partial charge in [0.1, 0.15) is 5.75 Å². The maximum atomic E-state index is 12.8. The van der Waals surface area contributed by atoms with Crippen LogP contribution in [-0.2, 0) is 9.53 Å². The Balaban J connectivity index is 1.78. The molecule has 3 amide bonds. The maximum Gasteiger partial charge on any atom is 0.321 e. The quantitative estimate of drug-likeness (QED) is 0.894. The highest BCUT2D eigenvalue weighted by Gasteiger charge is 2.52. The van der Waals surface area contributed by atoms with Gasteiger partial charge in [0.05, 0.1) is 18.7 Å². The summed E-state index contributed by atoms with van der Waals surface area (Å²) in [5.74, 6) is 0.506. The van der Waals surface area contributed by atoms with Gasteiger partial charge in [-0.3, -0.25) is 4.79 Å². The minimum Gasteiger partial charge on any atom is -0.495 e. The minimum atomic E-state index is -0.200. The second-order valence-corrected chi connectivity index (χ2v) is 7.27. The fourth-order valence-electron chi connectivity index (χ4n) is 4.00. The van der Waals surface area contributed by atoms with Gasteiger partial charge in [-0.2, -0.15) is 0 Å². The molecule has 7 nitrogen and oxygen atoms in total. The van der Waals surface area contributed by atoms with Crippen molar-refractivity contribution >= 4 is 17.6 Å². The summed E-state index contributed by atoms with van der Waals surface area (Å²) >= 11 is 0. The number of anilines is 1. The molecule has 2 aliphatic heterocycles. The van der Waals surface area contributed by atoms with E-state index in [-0.39, 0.29) is 23.3 Å². The lowest BCUT2D eigenvalue weighted by atomic mass is 9.71. The van der Waals surface area contributed by atoms with Crippen LogP contribution in [0.3, 0.4) is 0 Å². The first-order valence-electron chi connectivity index (χ1n) is 8.95. The van der Waals surface area contributed by atoms with E-state index >= 15 is 0 Å². The van der Waals surface area contributed by atoms with E-state index in [1.54, 1.807) is 43.1 Å². The number of nitrogens with zero attached hydrogens (tertiary/aromatic N) is 2. The normalized spacial score (nSPS) is 21.5. The van der Waals surface area contributed by atoms with Crippen molar-refractivity contribution in [1.82, 2.24) is 9.80 Å². The zero-order valence-corrected chi connectivity index (χ0v) is 15.7. The van der Waals surface area contributed by atoms with E-state index in [4.69, 9.17) is 9.47 Å². The lowest BCUT2D eigenvalue weighted by Gasteiger charge is -2.37. The van der Waals surface area contributed by atoms with Crippen molar-refractivity contribution in [2.75, 3.05) is 52.8 Å². The molecule has 2 heterocycles. The first-order chi connectivity index (χ1) is 12.5. The molecular formula is C19H27N3O4. The van der Waals surface area contributed by atoms with Crippen molar-refractivity contribution < 1.29 is 19.1 Å². The van der Waals surface area contributed by atoms with Crippen LogP contribution in [0, 0.1) is 11.3 Å². The number of benzene rings is 1. The summed E-state index contributed by atoms with van der Waals surface area (Å²) in [4.78, 5) is 29.0. The molecule has 1 spiro atoms. The Morgan fingerprint density at radius 3 is 2.62 bits per heavy atom. The van der Waals surface area contributed by atoms with E-state index in [1.807, 2.05) is 12.1 Å². The molecule has 3 rings (SSSR count). The molecule has 0 radical (unpaired) electrons. The molecule has 0 aromatic heterocycles. The molecule has 2 aliphatic rings. The summed E-state index contributed by atoms with van der Waals surface area (Å²) in [5.41, 5.74) is 0.431. The van der Waals surface area contributed by atoms with Gasteiger partial charge >= 0.3 is 6.03 Å². The van der Waals surface area contributed by atoms with Gasteiger partial charge in [-0.1, -0.05) is 12.1 Å². The van der Waals surface area contributed by atoms with Crippen molar-refractivity contribution in [3.05, 3.63) is 24.3 Å². The number of likely N-dealkylation sites (tertiary alicyclic amines) is 1. The van der Waals surface area contributed by atoms with E-state index < -0.39 is 0 Å². The highest BCUT2D eigenvalue weighted by atomic mass is 16.5. The molecule has 0 aliphatic carbocycles. The van der Waals surface area contributed by atoms with Crippen LogP contribution in [0.5, 0.6) is 5.75 Å². The highest BCUT2D eigenvalue weighted by molar-refractivity contribution is 5.92. The van der Waals surface area contributed by atoms with Crippen LogP contribution >= 0.6 is 0 Å². The Bertz CT molecular complexity index is 671. The Labute approximate surface area is 154 Å². The minimum absolute atomic E-state index is 0.0829. The van der Waals surface area contributed by atoms with Crippen molar-refractivity contribution in [3.63, 3.8) is 0 Å². The van der Waals surface area contributed by atoms with E-state index in [0.29, 0.717) is 37.7 Å². The molecule has 7 heteroatoms. The zero-order chi connectivity index (χ0) is 18.7. The van der Waals surface area contributed by atoms with E-state index in [0.717, 1.165) is 12.8 Å². The molecule has 2 saturated heterocycles. The first kappa shape index (κ1) is 18.5. The number of carbonyl (C=O) groups excluding carboxylic acids is 2. The first-order valence-corrected chi connectivity index (χ1v) is 8.95. The Morgan fingerprint density at radius 1 is 1.27 bits per heavy atom. The monoisotopic (exact) mass is 361 g/mol. The van der Waals surface area contributed by atoms with Crippen LogP contribution in [0.25, 0.3) is 0 Å². The van der Waals surface area contributed by atoms with Gasteiger partial charge in [0, 0.05) is 45.8 Å². The summed E-state index contributed by atoms with van der Waals surface area (Å²) in [6.45, 7) is 2.28. The average Bonchev–Trinajstić information content (AvgIpc) is 3.00. The predicted molar refractivity (Wildman–Crippen MR) is 98.3 cm³/mol. The van der Waals surface area contributed by atoms with E-state index in [1.165, 1.54) is 0 Å². The summed E-state index contributed by atoms with van der Waals surface area (Å²) in [6, 6.07) is 7.11. The number of nitrogens with one attached hydrogen (secondary N) is 1. The van der Waals surface area contributed by atoms with Crippen LogP contribution in [0.1, 0.15) is 12.8 Å². The van der Waals surface area contributed by atoms with Crippen molar-refractivity contribution in [2.45, 2.75) is 12.8 Å². The van der Waals surface area contributed by atoms with Crippen LogP contribution in [-0.4, -0.2) is 69.2 Å². The second-order valence-electron chi connectivity index (χ2n) is 7.27. The van der Waals surface area contributed by atoms with Gasteiger partial charge in [0.25, 0.3) is 0 Å². The fraction of sp³-hybridized carbons (Fsp3) is 0.579. The van der Waals surface area contributed by atoms with Crippen molar-refractivity contribution in [1.29, 1.82) is 0 Å². The number of hydrogen-bond acceptors (Lipinski definition) is 4. The van der Waals surface area contributed by atoms with Crippen LogP contribution in [0.15, 0.2) is 24.3 Å².